The average Bonchev–Trinajstić information content (AvgIpc) is 3.56. The van der Waals surface area contributed by atoms with E-state index < -0.39 is 0 Å². The molecule has 6 heteroatoms. The number of amides is 2. The largest absolute Gasteiger partial charge is 0.341 e. The fourth-order valence-electron chi connectivity index (χ4n) is 7.29. The summed E-state index contributed by atoms with van der Waals surface area (Å²) in [7, 11) is 0. The minimum absolute atomic E-state index is 0.102. The number of rotatable bonds is 9. The number of hydrogen-bond donors (Lipinski definition) is 0. The third-order valence-corrected chi connectivity index (χ3v) is 9.72. The Hall–Kier alpha value is -2.96. The molecule has 1 unspecified atom stereocenters. The molecule has 3 aliphatic heterocycles. The number of benzene rings is 2. The number of nitrogens with zero attached hydrogens (tertiary/aromatic N) is 4. The molecule has 0 aromatic heterocycles. The SMILES string of the molecule is O=C1CC(C(=O)N(CCCN2CCC3(C=Cc4ccccc43)CC2)c2ccccc2)CN1CCN1CCCCC1. The molecule has 2 aromatic carbocycles. The molecule has 1 aliphatic carbocycles. The van der Waals surface area contributed by atoms with Crippen LogP contribution in [-0.4, -0.2) is 85.4 Å². The van der Waals surface area contributed by atoms with Crippen LogP contribution >= 0.6 is 0 Å². The Balaban J connectivity index is 1.03. The number of piperidine rings is 2. The minimum atomic E-state index is -0.252. The first kappa shape index (κ1) is 27.2. The fraction of sp³-hybridized carbons (Fsp3) is 0.529. The van der Waals surface area contributed by atoms with Gasteiger partial charge in [-0.1, -0.05) is 61.0 Å². The van der Waals surface area contributed by atoms with E-state index in [0.717, 1.165) is 70.8 Å². The molecule has 3 fully saturated rings. The number of allylic oxidation sites excluding steroid dienone is 1. The van der Waals surface area contributed by atoms with Crippen molar-refractivity contribution in [1.29, 1.82) is 0 Å². The third kappa shape index (κ3) is 5.89. The van der Waals surface area contributed by atoms with E-state index in [1.54, 1.807) is 0 Å². The normalized spacial score (nSPS) is 22.6. The van der Waals surface area contributed by atoms with Gasteiger partial charge in [0.15, 0.2) is 0 Å². The maximum Gasteiger partial charge on any atom is 0.232 e. The van der Waals surface area contributed by atoms with E-state index in [4.69, 9.17) is 0 Å². The number of fused-ring (bicyclic) bond motifs is 2. The quantitative estimate of drug-likeness (QED) is 0.458. The maximum atomic E-state index is 13.8. The molecular weight excluding hydrogens is 496 g/mol. The Bertz CT molecular complexity index is 1200. The molecular formula is C34H44N4O2. The fourth-order valence-corrected chi connectivity index (χ4v) is 7.29. The predicted octanol–water partition coefficient (Wildman–Crippen LogP) is 4.80. The van der Waals surface area contributed by atoms with Crippen LogP contribution in [-0.2, 0) is 15.0 Å². The first-order valence-corrected chi connectivity index (χ1v) is 15.5. The summed E-state index contributed by atoms with van der Waals surface area (Å²) in [5, 5.41) is 0. The Labute approximate surface area is 239 Å². The van der Waals surface area contributed by atoms with Crippen LogP contribution in [0.2, 0.25) is 0 Å². The zero-order valence-electron chi connectivity index (χ0n) is 23.8. The molecule has 2 aromatic rings. The lowest BCUT2D eigenvalue weighted by molar-refractivity contribution is -0.128. The number of hydrogen-bond acceptors (Lipinski definition) is 4. The molecule has 3 heterocycles. The first-order valence-electron chi connectivity index (χ1n) is 15.5. The highest BCUT2D eigenvalue weighted by molar-refractivity contribution is 5.99. The summed E-state index contributed by atoms with van der Waals surface area (Å²) in [4.78, 5) is 35.6. The molecule has 2 amide bonds. The lowest BCUT2D eigenvalue weighted by Gasteiger charge is -2.39. The monoisotopic (exact) mass is 540 g/mol. The van der Waals surface area contributed by atoms with Crippen molar-refractivity contribution in [1.82, 2.24) is 14.7 Å². The van der Waals surface area contributed by atoms with Crippen molar-refractivity contribution in [2.45, 2.75) is 50.4 Å². The van der Waals surface area contributed by atoms with Gasteiger partial charge in [-0.25, -0.2) is 0 Å². The van der Waals surface area contributed by atoms with Crippen LogP contribution in [0.3, 0.4) is 0 Å². The molecule has 6 nitrogen and oxygen atoms in total. The molecule has 0 N–H and O–H groups in total. The van der Waals surface area contributed by atoms with Crippen molar-refractivity contribution in [2.75, 3.05) is 63.8 Å². The second kappa shape index (κ2) is 12.3. The van der Waals surface area contributed by atoms with Gasteiger partial charge < -0.3 is 19.6 Å². The van der Waals surface area contributed by atoms with Crippen LogP contribution in [0.15, 0.2) is 60.7 Å². The highest BCUT2D eigenvalue weighted by atomic mass is 16.2. The smallest absolute Gasteiger partial charge is 0.232 e. The topological polar surface area (TPSA) is 47.1 Å². The lowest BCUT2D eigenvalue weighted by Crippen LogP contribution is -2.43. The van der Waals surface area contributed by atoms with Crippen LogP contribution in [0.1, 0.15) is 56.1 Å². The molecule has 212 valence electrons. The Kier molecular flexibility index (Phi) is 8.35. The van der Waals surface area contributed by atoms with Crippen molar-refractivity contribution < 1.29 is 9.59 Å². The third-order valence-electron chi connectivity index (χ3n) is 9.72. The van der Waals surface area contributed by atoms with E-state index in [0.29, 0.717) is 19.5 Å². The summed E-state index contributed by atoms with van der Waals surface area (Å²) in [6.07, 6.45) is 12.1. The van der Waals surface area contributed by atoms with E-state index in [1.165, 1.54) is 30.4 Å². The van der Waals surface area contributed by atoms with Gasteiger partial charge in [0.1, 0.15) is 0 Å². The maximum absolute atomic E-state index is 13.8. The molecule has 0 radical (unpaired) electrons. The zero-order valence-corrected chi connectivity index (χ0v) is 23.8. The Morgan fingerprint density at radius 1 is 0.850 bits per heavy atom. The highest BCUT2D eigenvalue weighted by Gasteiger charge is 2.39. The van der Waals surface area contributed by atoms with Gasteiger partial charge in [0.05, 0.1) is 5.92 Å². The summed E-state index contributed by atoms with van der Waals surface area (Å²) in [5.74, 6) is -0.0170. The zero-order chi connectivity index (χ0) is 27.4. The summed E-state index contributed by atoms with van der Waals surface area (Å²) in [6, 6.07) is 18.9. The first-order chi connectivity index (χ1) is 19.6. The molecule has 0 saturated carbocycles. The molecule has 1 spiro atoms. The number of para-hydroxylation sites is 1. The molecule has 0 bridgehead atoms. The van der Waals surface area contributed by atoms with Crippen molar-refractivity contribution in [2.24, 2.45) is 5.92 Å². The lowest BCUT2D eigenvalue weighted by atomic mass is 9.74. The summed E-state index contributed by atoms with van der Waals surface area (Å²) >= 11 is 0. The van der Waals surface area contributed by atoms with Crippen LogP contribution < -0.4 is 4.90 Å². The molecule has 40 heavy (non-hydrogen) atoms. The van der Waals surface area contributed by atoms with E-state index in [1.807, 2.05) is 40.1 Å². The van der Waals surface area contributed by atoms with Crippen molar-refractivity contribution in [3.8, 4) is 0 Å². The summed E-state index contributed by atoms with van der Waals surface area (Å²) in [6.45, 7) is 8.33. The van der Waals surface area contributed by atoms with E-state index in [2.05, 4.69) is 46.2 Å². The Morgan fingerprint density at radius 2 is 1.57 bits per heavy atom. The summed E-state index contributed by atoms with van der Waals surface area (Å²) in [5.41, 5.74) is 4.01. The molecule has 1 atom stereocenters. The minimum Gasteiger partial charge on any atom is -0.341 e. The number of anilines is 1. The van der Waals surface area contributed by atoms with Crippen LogP contribution in [0.5, 0.6) is 0 Å². The second-order valence-corrected chi connectivity index (χ2v) is 12.2. The van der Waals surface area contributed by atoms with Crippen LogP contribution in [0.25, 0.3) is 6.08 Å². The van der Waals surface area contributed by atoms with E-state index >= 15 is 0 Å². The van der Waals surface area contributed by atoms with Gasteiger partial charge in [0, 0.05) is 43.7 Å². The second-order valence-electron chi connectivity index (χ2n) is 12.2. The van der Waals surface area contributed by atoms with E-state index in [9.17, 15) is 9.59 Å². The van der Waals surface area contributed by atoms with Gasteiger partial charge in [0.2, 0.25) is 11.8 Å². The van der Waals surface area contributed by atoms with Crippen molar-refractivity contribution in [3.05, 3.63) is 71.8 Å². The van der Waals surface area contributed by atoms with E-state index in [-0.39, 0.29) is 23.1 Å². The predicted molar refractivity (Wildman–Crippen MR) is 161 cm³/mol. The van der Waals surface area contributed by atoms with Gasteiger partial charge in [0.25, 0.3) is 0 Å². The van der Waals surface area contributed by atoms with Crippen LogP contribution in [0.4, 0.5) is 5.69 Å². The van der Waals surface area contributed by atoms with Gasteiger partial charge in [-0.05, 0) is 88.1 Å². The van der Waals surface area contributed by atoms with Gasteiger partial charge >= 0.3 is 0 Å². The number of carbonyl (C=O) groups excluding carboxylic acids is 2. The highest BCUT2D eigenvalue weighted by Crippen LogP contribution is 2.43. The molecule has 6 rings (SSSR count). The van der Waals surface area contributed by atoms with Crippen molar-refractivity contribution >= 4 is 23.6 Å². The Morgan fingerprint density at radius 3 is 2.38 bits per heavy atom. The van der Waals surface area contributed by atoms with Crippen molar-refractivity contribution in [3.63, 3.8) is 0 Å². The number of carbonyl (C=O) groups is 2. The molecule has 3 saturated heterocycles. The number of likely N-dealkylation sites (tertiary alicyclic amines) is 3. The van der Waals surface area contributed by atoms with Gasteiger partial charge in [-0.3, -0.25) is 9.59 Å². The molecule has 4 aliphatic rings. The van der Waals surface area contributed by atoms with Gasteiger partial charge in [-0.2, -0.15) is 0 Å². The average molecular weight is 541 g/mol. The standard InChI is InChI=1S/C34H44N4O2/c39-32-26-29(27-37(32)25-24-35-18-7-2-8-19-35)33(40)38(30-11-3-1-4-12-30)21-9-20-36-22-16-34(17-23-36)15-14-28-10-5-6-13-31(28)34/h1,3-6,10-15,29H,2,7-9,16-27H2. The summed E-state index contributed by atoms with van der Waals surface area (Å²) < 4.78 is 0. The van der Waals surface area contributed by atoms with Gasteiger partial charge in [-0.15, -0.1) is 0 Å². The van der Waals surface area contributed by atoms with Crippen LogP contribution in [0, 0.1) is 5.92 Å².